The van der Waals surface area contributed by atoms with Gasteiger partial charge in [-0.15, -0.1) is 0 Å². The van der Waals surface area contributed by atoms with Gasteiger partial charge in [0.05, 0.1) is 33.3 Å². The summed E-state index contributed by atoms with van der Waals surface area (Å²) >= 11 is 0. The number of pyridine rings is 1. The van der Waals surface area contributed by atoms with Gasteiger partial charge in [-0.05, 0) is 118 Å². The second kappa shape index (κ2) is 18.4. The van der Waals surface area contributed by atoms with Crippen LogP contribution in [-0.2, 0) is 27.1 Å². The second-order valence-electron chi connectivity index (χ2n) is 27.8. The number of para-hydroxylation sites is 2. The number of fused-ring (bicyclic) bond motifs is 6. The second-order valence-corrected chi connectivity index (χ2v) is 31.5. The maximum absolute atomic E-state index is 12.8. The van der Waals surface area contributed by atoms with Crippen molar-refractivity contribution >= 4 is 61.7 Å². The molecule has 0 fully saturated rings. The predicted octanol–water partition coefficient (Wildman–Crippen LogP) is 16.4. The van der Waals surface area contributed by atoms with E-state index in [1.54, 1.807) is 0 Å². The fourth-order valence-electron chi connectivity index (χ4n) is 12.6. The minimum absolute atomic E-state index is 0.0134. The zero-order valence-corrected chi connectivity index (χ0v) is 50.6. The molecule has 0 amide bonds. The third-order valence-electron chi connectivity index (χ3n) is 17.2. The van der Waals surface area contributed by atoms with Crippen LogP contribution in [0, 0.1) is 0 Å². The van der Waals surface area contributed by atoms with Crippen LogP contribution in [0.5, 0.6) is 5.75 Å². The molecular formula is C74H76N4OSi. The molecule has 4 heterocycles. The van der Waals surface area contributed by atoms with Crippen molar-refractivity contribution in [1.82, 2.24) is 19.1 Å². The van der Waals surface area contributed by atoms with Crippen molar-refractivity contribution in [2.45, 2.75) is 131 Å². The van der Waals surface area contributed by atoms with E-state index < -0.39 is 8.07 Å². The van der Waals surface area contributed by atoms with Gasteiger partial charge < -0.3 is 5.11 Å². The van der Waals surface area contributed by atoms with Crippen molar-refractivity contribution in [3.63, 3.8) is 0 Å². The standard InChI is InChI=1S/C74H76N4OSi/c1-70(2,3)48-30-35-52(36-31-48)80(53-37-32-49(33-38-53)71(4,5)6)63-27-20-25-56-55-39-29-47(42-62(55)78(66(56)63)69-64(80)28-21-41-75-69)54-24-19-26-61-65(54)76-68(58-44-51(73(10,11)12)45-59(67(58)79)74(13,14)15)77(61)60-40-34-50(72(7,8)9)43-57(60)46-22-17-16-18-23-46/h16-45,79H,1-15H3. The molecule has 0 radical (unpaired) electrons. The normalized spacial score (nSPS) is 13.8. The first-order chi connectivity index (χ1) is 37.8. The van der Waals surface area contributed by atoms with E-state index >= 15 is 0 Å². The molecule has 12 rings (SSSR count). The lowest BCUT2D eigenvalue weighted by Crippen LogP contribution is -2.76. The Morgan fingerprint density at radius 1 is 0.412 bits per heavy atom. The monoisotopic (exact) mass is 1060 g/mol. The van der Waals surface area contributed by atoms with Gasteiger partial charge in [0.1, 0.15) is 17.4 Å². The molecule has 1 aliphatic rings. The molecule has 402 valence electrons. The van der Waals surface area contributed by atoms with Crippen LogP contribution in [0.3, 0.4) is 0 Å². The molecule has 1 aliphatic heterocycles. The summed E-state index contributed by atoms with van der Waals surface area (Å²) in [4.78, 5) is 11.2. The Bertz CT molecular complexity index is 4180. The van der Waals surface area contributed by atoms with E-state index in [0.29, 0.717) is 11.4 Å². The van der Waals surface area contributed by atoms with Gasteiger partial charge >= 0.3 is 0 Å². The van der Waals surface area contributed by atoms with E-state index in [0.717, 1.165) is 61.4 Å². The van der Waals surface area contributed by atoms with Crippen LogP contribution in [-0.4, -0.2) is 32.3 Å². The highest BCUT2D eigenvalue weighted by atomic mass is 28.3. The summed E-state index contributed by atoms with van der Waals surface area (Å²) in [6.07, 6.45) is 1.97. The fraction of sp³-hybridized carbons (Fsp3) is 0.270. The molecule has 0 bridgehead atoms. The van der Waals surface area contributed by atoms with Gasteiger partial charge in [-0.3, -0.25) is 9.13 Å². The molecule has 0 unspecified atom stereocenters. The first-order valence-electron chi connectivity index (χ1n) is 28.6. The molecule has 0 saturated heterocycles. The van der Waals surface area contributed by atoms with Crippen molar-refractivity contribution in [1.29, 1.82) is 0 Å². The molecule has 3 aromatic heterocycles. The Morgan fingerprint density at radius 2 is 1.00 bits per heavy atom. The van der Waals surface area contributed by atoms with Gasteiger partial charge in [0, 0.05) is 33.7 Å². The molecule has 0 atom stereocenters. The number of phenols is 1. The molecule has 0 saturated carbocycles. The summed E-state index contributed by atoms with van der Waals surface area (Å²) in [5.74, 6) is 1.94. The number of aromatic hydroxyl groups is 1. The number of hydrogen-bond acceptors (Lipinski definition) is 3. The molecule has 0 spiro atoms. The lowest BCUT2D eigenvalue weighted by molar-refractivity contribution is 0.446. The Balaban J connectivity index is 1.15. The Kier molecular flexibility index (Phi) is 12.1. The number of benzene rings is 8. The lowest BCUT2D eigenvalue weighted by atomic mass is 9.79. The van der Waals surface area contributed by atoms with Crippen molar-refractivity contribution < 1.29 is 5.11 Å². The topological polar surface area (TPSA) is 55.9 Å². The van der Waals surface area contributed by atoms with Crippen LogP contribution in [0.1, 0.15) is 132 Å². The molecule has 1 N–H and O–H groups in total. The van der Waals surface area contributed by atoms with E-state index in [4.69, 9.17) is 9.97 Å². The van der Waals surface area contributed by atoms with Crippen molar-refractivity contribution in [2.75, 3.05) is 0 Å². The average Bonchev–Trinajstić information content (AvgIpc) is 4.12. The molecule has 80 heavy (non-hydrogen) atoms. The SMILES string of the molecule is CC(C)(C)c1ccc([Si]2(c3ccc(C(C)(C)C)cc3)c3cccnc3-n3c4cc(-c5cccc6c5nc(-c5cc(C(C)(C)C)cc(C(C)(C)C)c5O)n6-c5ccc(C(C)(C)C)cc5-c5ccccc5)ccc4c4cccc2c43)cc1. The van der Waals surface area contributed by atoms with E-state index in [2.05, 4.69) is 289 Å². The first kappa shape index (κ1) is 52.9. The van der Waals surface area contributed by atoms with Crippen LogP contribution >= 0.6 is 0 Å². The third kappa shape index (κ3) is 8.47. The van der Waals surface area contributed by atoms with Gasteiger partial charge in [-0.25, -0.2) is 9.97 Å². The minimum Gasteiger partial charge on any atom is -0.507 e. The highest BCUT2D eigenvalue weighted by Crippen LogP contribution is 2.47. The zero-order chi connectivity index (χ0) is 56.6. The summed E-state index contributed by atoms with van der Waals surface area (Å²) in [5, 5.41) is 20.5. The number of imidazole rings is 1. The highest BCUT2D eigenvalue weighted by Gasteiger charge is 2.48. The fourth-order valence-corrected chi connectivity index (χ4v) is 17.6. The van der Waals surface area contributed by atoms with Crippen LogP contribution in [0.25, 0.3) is 78.0 Å². The van der Waals surface area contributed by atoms with Crippen LogP contribution in [0.2, 0.25) is 0 Å². The van der Waals surface area contributed by atoms with E-state index in [1.165, 1.54) is 53.7 Å². The van der Waals surface area contributed by atoms with E-state index in [-0.39, 0.29) is 32.8 Å². The number of hydrogen-bond donors (Lipinski definition) is 1. The molecule has 8 aromatic carbocycles. The summed E-state index contributed by atoms with van der Waals surface area (Å²) in [6, 6.07) is 66.2. The Hall–Kier alpha value is -7.80. The third-order valence-corrected chi connectivity index (χ3v) is 22.0. The van der Waals surface area contributed by atoms with Crippen molar-refractivity contribution in [3.8, 4) is 50.9 Å². The van der Waals surface area contributed by atoms with Crippen molar-refractivity contribution in [2.24, 2.45) is 0 Å². The largest absolute Gasteiger partial charge is 0.507 e. The Morgan fingerprint density at radius 3 is 1.61 bits per heavy atom. The average molecular weight is 1070 g/mol. The summed E-state index contributed by atoms with van der Waals surface area (Å²) in [7, 11) is -3.01. The maximum atomic E-state index is 12.8. The van der Waals surface area contributed by atoms with Gasteiger partial charge in [0.2, 0.25) is 0 Å². The number of rotatable bonds is 6. The summed E-state index contributed by atoms with van der Waals surface area (Å²) in [5.41, 5.74) is 15.4. The quantitative estimate of drug-likeness (QED) is 0.169. The number of nitrogens with zero attached hydrogens (tertiary/aromatic N) is 4. The highest BCUT2D eigenvalue weighted by molar-refractivity contribution is 7.21. The Labute approximate surface area is 475 Å². The molecule has 6 heteroatoms. The van der Waals surface area contributed by atoms with Crippen LogP contribution < -0.4 is 20.7 Å². The smallest absolute Gasteiger partial charge is 0.186 e. The minimum atomic E-state index is -3.01. The van der Waals surface area contributed by atoms with Gasteiger partial charge in [0.25, 0.3) is 0 Å². The summed E-state index contributed by atoms with van der Waals surface area (Å²) in [6.45, 7) is 33.9. The van der Waals surface area contributed by atoms with Gasteiger partial charge in [-0.1, -0.05) is 243 Å². The lowest BCUT2D eigenvalue weighted by Gasteiger charge is -2.39. The predicted molar refractivity (Wildman–Crippen MR) is 342 cm³/mol. The van der Waals surface area contributed by atoms with Crippen LogP contribution in [0.4, 0.5) is 0 Å². The van der Waals surface area contributed by atoms with E-state index in [9.17, 15) is 5.11 Å². The molecule has 0 aliphatic carbocycles. The van der Waals surface area contributed by atoms with Gasteiger partial charge in [0.15, 0.2) is 8.07 Å². The molecule has 11 aromatic rings. The first-order valence-corrected chi connectivity index (χ1v) is 30.6. The van der Waals surface area contributed by atoms with Crippen LogP contribution in [0.15, 0.2) is 182 Å². The number of aromatic nitrogens is 4. The molecular weight excluding hydrogens is 989 g/mol. The molecule has 5 nitrogen and oxygen atoms in total. The summed E-state index contributed by atoms with van der Waals surface area (Å²) < 4.78 is 4.78. The number of phenolic OH excluding ortho intramolecular Hbond substituents is 1. The zero-order valence-electron chi connectivity index (χ0n) is 49.6. The van der Waals surface area contributed by atoms with Crippen molar-refractivity contribution in [3.05, 3.63) is 210 Å². The maximum Gasteiger partial charge on any atom is 0.186 e. The van der Waals surface area contributed by atoms with Gasteiger partial charge in [-0.2, -0.15) is 0 Å². The van der Waals surface area contributed by atoms with E-state index in [1.807, 2.05) is 6.20 Å².